The number of rotatable bonds is 3. The molecule has 0 bridgehead atoms. The first kappa shape index (κ1) is 13.1. The zero-order valence-electron chi connectivity index (χ0n) is 11.4. The van der Waals surface area contributed by atoms with Crippen LogP contribution in [0.15, 0.2) is 18.2 Å². The summed E-state index contributed by atoms with van der Waals surface area (Å²) < 4.78 is 0. The maximum atomic E-state index is 12.5. The largest absolute Gasteiger partial charge is 0.335 e. The van der Waals surface area contributed by atoms with Crippen molar-refractivity contribution in [2.24, 2.45) is 0 Å². The molecule has 18 heavy (non-hydrogen) atoms. The second-order valence-electron chi connectivity index (χ2n) is 5.05. The van der Waals surface area contributed by atoms with Crippen LogP contribution < -0.4 is 0 Å². The summed E-state index contributed by atoms with van der Waals surface area (Å²) in [6.07, 6.45) is 6.09. The number of hydrogen-bond acceptors (Lipinski definition) is 2. The number of amides is 1. The second-order valence-corrected chi connectivity index (χ2v) is 5.05. The van der Waals surface area contributed by atoms with Gasteiger partial charge in [-0.2, -0.15) is 0 Å². The topological polar surface area (TPSA) is 33.2 Å². The van der Waals surface area contributed by atoms with Crippen LogP contribution in [-0.2, 0) is 0 Å². The number of carbonyl (C=O) groups excluding carboxylic acids is 1. The minimum atomic E-state index is 0.0908. The molecule has 1 aromatic rings. The highest BCUT2D eigenvalue weighted by atomic mass is 16.2. The van der Waals surface area contributed by atoms with Gasteiger partial charge in [-0.25, -0.2) is 4.98 Å². The van der Waals surface area contributed by atoms with E-state index in [1.807, 2.05) is 30.0 Å². The van der Waals surface area contributed by atoms with Crippen LogP contribution >= 0.6 is 0 Å². The standard InChI is InChI=1S/C15H22N2O/c1-3-17(13-9-5-4-6-10-13)15(18)14-11-7-8-12(2)16-14/h7-8,11,13H,3-6,9-10H2,1-2H3. The third-order valence-corrected chi connectivity index (χ3v) is 3.72. The first-order valence-corrected chi connectivity index (χ1v) is 6.97. The van der Waals surface area contributed by atoms with Crippen LogP contribution in [0.1, 0.15) is 55.2 Å². The molecule has 0 radical (unpaired) electrons. The maximum Gasteiger partial charge on any atom is 0.272 e. The lowest BCUT2D eigenvalue weighted by molar-refractivity contribution is 0.0641. The summed E-state index contributed by atoms with van der Waals surface area (Å²) in [7, 11) is 0. The van der Waals surface area contributed by atoms with Crippen LogP contribution in [0.3, 0.4) is 0 Å². The van der Waals surface area contributed by atoms with Gasteiger partial charge in [0.25, 0.3) is 5.91 Å². The van der Waals surface area contributed by atoms with E-state index < -0.39 is 0 Å². The van der Waals surface area contributed by atoms with Gasteiger partial charge < -0.3 is 4.90 Å². The Labute approximate surface area is 109 Å². The fraction of sp³-hybridized carbons (Fsp3) is 0.600. The molecule has 1 aliphatic carbocycles. The van der Waals surface area contributed by atoms with Gasteiger partial charge in [0, 0.05) is 18.3 Å². The Hall–Kier alpha value is -1.38. The Balaban J connectivity index is 2.14. The van der Waals surface area contributed by atoms with Crippen molar-refractivity contribution in [3.63, 3.8) is 0 Å². The van der Waals surface area contributed by atoms with E-state index in [1.54, 1.807) is 0 Å². The third kappa shape index (κ3) is 2.89. The molecule has 0 atom stereocenters. The highest BCUT2D eigenvalue weighted by Crippen LogP contribution is 2.23. The lowest BCUT2D eigenvalue weighted by Crippen LogP contribution is -2.41. The minimum absolute atomic E-state index is 0.0908. The van der Waals surface area contributed by atoms with E-state index in [2.05, 4.69) is 11.9 Å². The number of nitrogens with zero attached hydrogens (tertiary/aromatic N) is 2. The predicted octanol–water partition coefficient (Wildman–Crippen LogP) is 3.18. The molecular formula is C15H22N2O. The number of pyridine rings is 1. The van der Waals surface area contributed by atoms with Crippen molar-refractivity contribution in [3.8, 4) is 0 Å². The Morgan fingerprint density at radius 2 is 2.06 bits per heavy atom. The molecule has 1 aromatic heterocycles. The van der Waals surface area contributed by atoms with E-state index in [4.69, 9.17) is 0 Å². The molecule has 0 N–H and O–H groups in total. The summed E-state index contributed by atoms with van der Waals surface area (Å²) in [4.78, 5) is 18.8. The van der Waals surface area contributed by atoms with Crippen LogP contribution in [0.5, 0.6) is 0 Å². The molecule has 1 fully saturated rings. The molecule has 1 aliphatic rings. The number of hydrogen-bond donors (Lipinski definition) is 0. The predicted molar refractivity (Wildman–Crippen MR) is 72.6 cm³/mol. The number of aryl methyl sites for hydroxylation is 1. The molecule has 3 heteroatoms. The van der Waals surface area contributed by atoms with Crippen LogP contribution in [0, 0.1) is 6.92 Å². The van der Waals surface area contributed by atoms with Crippen molar-refractivity contribution >= 4 is 5.91 Å². The summed E-state index contributed by atoms with van der Waals surface area (Å²) in [5.41, 5.74) is 1.49. The summed E-state index contributed by atoms with van der Waals surface area (Å²) in [5.74, 6) is 0.0908. The number of aromatic nitrogens is 1. The van der Waals surface area contributed by atoms with Crippen molar-refractivity contribution in [1.29, 1.82) is 0 Å². The molecule has 2 rings (SSSR count). The first-order valence-electron chi connectivity index (χ1n) is 6.97. The quantitative estimate of drug-likeness (QED) is 0.820. The molecule has 3 nitrogen and oxygen atoms in total. The summed E-state index contributed by atoms with van der Waals surface area (Å²) in [5, 5.41) is 0. The fourth-order valence-corrected chi connectivity index (χ4v) is 2.77. The van der Waals surface area contributed by atoms with Crippen LogP contribution in [0.25, 0.3) is 0 Å². The summed E-state index contributed by atoms with van der Waals surface area (Å²) in [6, 6.07) is 6.07. The third-order valence-electron chi connectivity index (χ3n) is 3.72. The smallest absolute Gasteiger partial charge is 0.272 e. The van der Waals surface area contributed by atoms with Gasteiger partial charge in [-0.1, -0.05) is 25.3 Å². The molecule has 0 unspecified atom stereocenters. The Bertz CT molecular complexity index is 411. The highest BCUT2D eigenvalue weighted by Gasteiger charge is 2.25. The van der Waals surface area contributed by atoms with Crippen LogP contribution in [0.2, 0.25) is 0 Å². The van der Waals surface area contributed by atoms with Gasteiger partial charge in [-0.05, 0) is 38.8 Å². The molecule has 0 aromatic carbocycles. The molecule has 1 saturated carbocycles. The number of carbonyl (C=O) groups is 1. The molecule has 1 heterocycles. The average Bonchev–Trinajstić information content (AvgIpc) is 2.41. The van der Waals surface area contributed by atoms with Gasteiger partial charge in [0.05, 0.1) is 0 Å². The van der Waals surface area contributed by atoms with Gasteiger partial charge in [0.1, 0.15) is 5.69 Å². The van der Waals surface area contributed by atoms with Crippen molar-refractivity contribution < 1.29 is 4.79 Å². The molecule has 0 saturated heterocycles. The minimum Gasteiger partial charge on any atom is -0.335 e. The Kier molecular flexibility index (Phi) is 4.34. The fourth-order valence-electron chi connectivity index (χ4n) is 2.77. The first-order chi connectivity index (χ1) is 8.72. The van der Waals surface area contributed by atoms with Crippen LogP contribution in [0.4, 0.5) is 0 Å². The Morgan fingerprint density at radius 3 is 2.67 bits per heavy atom. The summed E-state index contributed by atoms with van der Waals surface area (Å²) in [6.45, 7) is 4.76. The van der Waals surface area contributed by atoms with E-state index in [1.165, 1.54) is 19.3 Å². The highest BCUT2D eigenvalue weighted by molar-refractivity contribution is 5.92. The van der Waals surface area contributed by atoms with Gasteiger partial charge in [-0.15, -0.1) is 0 Å². The second kappa shape index (κ2) is 5.98. The van der Waals surface area contributed by atoms with Crippen molar-refractivity contribution in [1.82, 2.24) is 9.88 Å². The molecule has 98 valence electrons. The van der Waals surface area contributed by atoms with Crippen LogP contribution in [-0.4, -0.2) is 28.4 Å². The monoisotopic (exact) mass is 246 g/mol. The van der Waals surface area contributed by atoms with E-state index in [0.29, 0.717) is 11.7 Å². The Morgan fingerprint density at radius 1 is 1.33 bits per heavy atom. The van der Waals surface area contributed by atoms with Crippen molar-refractivity contribution in [2.75, 3.05) is 6.54 Å². The maximum absolute atomic E-state index is 12.5. The molecular weight excluding hydrogens is 224 g/mol. The molecule has 1 amide bonds. The molecule has 0 aliphatic heterocycles. The lowest BCUT2D eigenvalue weighted by Gasteiger charge is -2.33. The van der Waals surface area contributed by atoms with E-state index in [-0.39, 0.29) is 5.91 Å². The van der Waals surface area contributed by atoms with Gasteiger partial charge in [-0.3, -0.25) is 4.79 Å². The average molecular weight is 246 g/mol. The van der Waals surface area contributed by atoms with E-state index in [9.17, 15) is 4.79 Å². The van der Waals surface area contributed by atoms with Gasteiger partial charge in [0.15, 0.2) is 0 Å². The van der Waals surface area contributed by atoms with Crippen molar-refractivity contribution in [3.05, 3.63) is 29.6 Å². The van der Waals surface area contributed by atoms with E-state index in [0.717, 1.165) is 25.1 Å². The zero-order chi connectivity index (χ0) is 13.0. The van der Waals surface area contributed by atoms with E-state index >= 15 is 0 Å². The normalized spacial score (nSPS) is 16.6. The lowest BCUT2D eigenvalue weighted by atomic mass is 9.94. The SMILES string of the molecule is CCN(C(=O)c1cccc(C)n1)C1CCCCC1. The van der Waals surface area contributed by atoms with Crippen molar-refractivity contribution in [2.45, 2.75) is 52.0 Å². The summed E-state index contributed by atoms with van der Waals surface area (Å²) >= 11 is 0. The van der Waals surface area contributed by atoms with Gasteiger partial charge in [0.2, 0.25) is 0 Å². The zero-order valence-corrected chi connectivity index (χ0v) is 11.4. The van der Waals surface area contributed by atoms with Gasteiger partial charge >= 0.3 is 0 Å². The molecule has 0 spiro atoms.